The van der Waals surface area contributed by atoms with E-state index in [4.69, 9.17) is 0 Å². The highest BCUT2D eigenvalue weighted by Crippen LogP contribution is 2.28. The van der Waals surface area contributed by atoms with Gasteiger partial charge in [-0.3, -0.25) is 24.0 Å². The molecule has 11 heteroatoms. The minimum Gasteiger partial charge on any atom is -0.354 e. The summed E-state index contributed by atoms with van der Waals surface area (Å²) in [6, 6.07) is 19.7. The van der Waals surface area contributed by atoms with Gasteiger partial charge in [-0.1, -0.05) is 74.0 Å². The topological polar surface area (TPSA) is 130 Å². The number of hydrogen-bond donors (Lipinski definition) is 1. The number of rotatable bonds is 14. The maximum atomic E-state index is 14.2. The predicted molar refractivity (Wildman–Crippen MR) is 164 cm³/mol. The van der Waals surface area contributed by atoms with Gasteiger partial charge in [0.25, 0.3) is 5.69 Å². The SMILES string of the molecule is CCCCNC(=O)[C@@H](Cc1ccccc1)N(Cc1ccccc1C)C(=O)CN(c1cc([N+](=O)[O-])ccc1C)S(C)(=O)=O. The van der Waals surface area contributed by atoms with Gasteiger partial charge in [0.2, 0.25) is 21.8 Å². The van der Waals surface area contributed by atoms with Crippen molar-refractivity contribution in [3.8, 4) is 0 Å². The second-order valence-electron chi connectivity index (χ2n) is 10.3. The zero-order valence-corrected chi connectivity index (χ0v) is 25.3. The first-order valence-electron chi connectivity index (χ1n) is 13.8. The monoisotopic (exact) mass is 594 g/mol. The lowest BCUT2D eigenvalue weighted by atomic mass is 10.0. The first-order valence-corrected chi connectivity index (χ1v) is 15.7. The summed E-state index contributed by atoms with van der Waals surface area (Å²) in [5.74, 6) is -0.951. The molecule has 0 fully saturated rings. The van der Waals surface area contributed by atoms with Crippen LogP contribution in [0.1, 0.15) is 42.0 Å². The first-order chi connectivity index (χ1) is 19.9. The number of anilines is 1. The van der Waals surface area contributed by atoms with Crippen molar-refractivity contribution in [1.29, 1.82) is 0 Å². The maximum absolute atomic E-state index is 14.2. The van der Waals surface area contributed by atoms with Gasteiger partial charge in [0.05, 0.1) is 16.9 Å². The van der Waals surface area contributed by atoms with Gasteiger partial charge in [0.15, 0.2) is 0 Å². The maximum Gasteiger partial charge on any atom is 0.271 e. The Bertz CT molecular complexity index is 1510. The van der Waals surface area contributed by atoms with Gasteiger partial charge in [0, 0.05) is 31.6 Å². The molecule has 0 unspecified atom stereocenters. The van der Waals surface area contributed by atoms with E-state index in [0.717, 1.165) is 46.2 Å². The lowest BCUT2D eigenvalue weighted by Gasteiger charge is -2.34. The number of sulfonamides is 1. The van der Waals surface area contributed by atoms with Crippen LogP contribution in [0.2, 0.25) is 0 Å². The third-order valence-corrected chi connectivity index (χ3v) is 8.18. The molecule has 3 aromatic carbocycles. The zero-order valence-electron chi connectivity index (χ0n) is 24.4. The van der Waals surface area contributed by atoms with E-state index >= 15 is 0 Å². The summed E-state index contributed by atoms with van der Waals surface area (Å²) >= 11 is 0. The number of carbonyl (C=O) groups is 2. The number of nitrogens with one attached hydrogen (secondary N) is 1. The van der Waals surface area contributed by atoms with E-state index in [2.05, 4.69) is 5.32 Å². The van der Waals surface area contributed by atoms with Crippen molar-refractivity contribution in [3.63, 3.8) is 0 Å². The molecule has 2 amide bonds. The van der Waals surface area contributed by atoms with Gasteiger partial charge in [-0.15, -0.1) is 0 Å². The average Bonchev–Trinajstić information content (AvgIpc) is 2.94. The Labute approximate surface area is 247 Å². The van der Waals surface area contributed by atoms with Gasteiger partial charge in [-0.2, -0.15) is 0 Å². The van der Waals surface area contributed by atoms with Crippen LogP contribution in [0.25, 0.3) is 0 Å². The summed E-state index contributed by atoms with van der Waals surface area (Å²) in [6.07, 6.45) is 2.80. The second kappa shape index (κ2) is 14.6. The molecule has 0 saturated carbocycles. The van der Waals surface area contributed by atoms with Crippen LogP contribution in [0, 0.1) is 24.0 Å². The minimum atomic E-state index is -4.05. The molecule has 0 spiro atoms. The third-order valence-electron chi connectivity index (χ3n) is 7.05. The van der Waals surface area contributed by atoms with E-state index in [0.29, 0.717) is 12.1 Å². The number of unbranched alkanes of at least 4 members (excludes halogenated alkanes) is 1. The molecule has 42 heavy (non-hydrogen) atoms. The standard InChI is InChI=1S/C31H38N4O6S/c1-5-6-18-32-31(37)29(19-25-13-8-7-9-14-25)33(21-26-15-11-10-12-23(26)2)30(36)22-34(42(4,40)41)28-20-27(35(38)39)17-16-24(28)3/h7-17,20,29H,5-6,18-19,21-22H2,1-4H3,(H,32,37)/t29-/m1/s1. The number of nitrogens with zero attached hydrogens (tertiary/aromatic N) is 3. The second-order valence-corrected chi connectivity index (χ2v) is 12.2. The molecule has 0 aliphatic rings. The molecule has 3 aromatic rings. The molecule has 1 N–H and O–H groups in total. The summed E-state index contributed by atoms with van der Waals surface area (Å²) in [5.41, 5.74) is 2.73. The van der Waals surface area contributed by atoms with Crippen LogP contribution in [0.15, 0.2) is 72.8 Å². The summed E-state index contributed by atoms with van der Waals surface area (Å²) < 4.78 is 26.9. The van der Waals surface area contributed by atoms with Gasteiger partial charge in [0.1, 0.15) is 12.6 Å². The fourth-order valence-electron chi connectivity index (χ4n) is 4.61. The van der Waals surface area contributed by atoms with Crippen molar-refractivity contribution in [3.05, 3.63) is 105 Å². The smallest absolute Gasteiger partial charge is 0.271 e. The number of aryl methyl sites for hydroxylation is 2. The van der Waals surface area contributed by atoms with E-state index in [1.165, 1.54) is 17.0 Å². The van der Waals surface area contributed by atoms with Crippen LogP contribution in [0.3, 0.4) is 0 Å². The third kappa shape index (κ3) is 8.62. The zero-order chi connectivity index (χ0) is 30.9. The summed E-state index contributed by atoms with van der Waals surface area (Å²) in [5, 5.41) is 14.4. The Morgan fingerprint density at radius 3 is 2.26 bits per heavy atom. The highest BCUT2D eigenvalue weighted by Gasteiger charge is 2.33. The number of nitro benzene ring substituents is 1. The number of hydrogen-bond acceptors (Lipinski definition) is 6. The highest BCUT2D eigenvalue weighted by atomic mass is 32.2. The summed E-state index contributed by atoms with van der Waals surface area (Å²) in [7, 11) is -4.05. The fourth-order valence-corrected chi connectivity index (χ4v) is 5.50. The van der Waals surface area contributed by atoms with Crippen LogP contribution in [-0.2, 0) is 32.6 Å². The molecule has 0 aliphatic heterocycles. The van der Waals surface area contributed by atoms with Gasteiger partial charge >= 0.3 is 0 Å². The van der Waals surface area contributed by atoms with Gasteiger partial charge in [-0.25, -0.2) is 8.42 Å². The van der Waals surface area contributed by atoms with Crippen LogP contribution >= 0.6 is 0 Å². The number of amides is 2. The predicted octanol–water partition coefficient (Wildman–Crippen LogP) is 4.53. The number of benzene rings is 3. The first kappa shape index (κ1) is 32.3. The highest BCUT2D eigenvalue weighted by molar-refractivity contribution is 7.92. The van der Waals surface area contributed by atoms with Crippen molar-refractivity contribution in [2.24, 2.45) is 0 Å². The molecule has 1 atom stereocenters. The van der Waals surface area contributed by atoms with Crippen LogP contribution in [-0.4, -0.2) is 55.4 Å². The Hall–Kier alpha value is -4.25. The lowest BCUT2D eigenvalue weighted by molar-refractivity contribution is -0.384. The number of nitro groups is 1. The lowest BCUT2D eigenvalue weighted by Crippen LogP contribution is -2.53. The average molecular weight is 595 g/mol. The molecule has 0 heterocycles. The normalized spacial score (nSPS) is 11.9. The fraction of sp³-hybridized carbons (Fsp3) is 0.355. The van der Waals surface area contributed by atoms with Crippen molar-refractivity contribution in [2.75, 3.05) is 23.7 Å². The number of carbonyl (C=O) groups excluding carboxylic acids is 2. The van der Waals surface area contributed by atoms with E-state index in [1.54, 1.807) is 6.92 Å². The molecule has 3 rings (SSSR count). The Kier molecular flexibility index (Phi) is 11.2. The van der Waals surface area contributed by atoms with Crippen LogP contribution < -0.4 is 9.62 Å². The molecular weight excluding hydrogens is 556 g/mol. The van der Waals surface area contributed by atoms with Crippen molar-refractivity contribution in [2.45, 2.75) is 52.6 Å². The molecule has 0 saturated heterocycles. The van der Waals surface area contributed by atoms with E-state index in [1.807, 2.05) is 68.4 Å². The van der Waals surface area contributed by atoms with Crippen molar-refractivity contribution < 1.29 is 22.9 Å². The van der Waals surface area contributed by atoms with Crippen LogP contribution in [0.5, 0.6) is 0 Å². The summed E-state index contributed by atoms with van der Waals surface area (Å²) in [6.45, 7) is 5.40. The quantitative estimate of drug-likeness (QED) is 0.166. The van der Waals surface area contributed by atoms with E-state index in [-0.39, 0.29) is 30.2 Å². The molecule has 10 nitrogen and oxygen atoms in total. The van der Waals surface area contributed by atoms with E-state index in [9.17, 15) is 28.1 Å². The molecule has 0 aliphatic carbocycles. The summed E-state index contributed by atoms with van der Waals surface area (Å²) in [4.78, 5) is 40.1. The molecule has 0 bridgehead atoms. The Morgan fingerprint density at radius 2 is 1.64 bits per heavy atom. The van der Waals surface area contributed by atoms with Gasteiger partial charge in [-0.05, 0) is 42.5 Å². The number of non-ortho nitro benzene ring substituents is 1. The minimum absolute atomic E-state index is 0.0305. The van der Waals surface area contributed by atoms with Crippen LogP contribution in [0.4, 0.5) is 11.4 Å². The largest absolute Gasteiger partial charge is 0.354 e. The van der Waals surface area contributed by atoms with Gasteiger partial charge < -0.3 is 10.2 Å². The molecular formula is C31H38N4O6S. The molecule has 0 radical (unpaired) electrons. The molecule has 224 valence electrons. The molecule has 0 aromatic heterocycles. The van der Waals surface area contributed by atoms with Crippen molar-refractivity contribution in [1.82, 2.24) is 10.2 Å². The Morgan fingerprint density at radius 1 is 0.976 bits per heavy atom. The van der Waals surface area contributed by atoms with Crippen molar-refractivity contribution >= 4 is 33.2 Å². The Balaban J connectivity index is 2.10. The van der Waals surface area contributed by atoms with E-state index < -0.39 is 33.4 Å².